The van der Waals surface area contributed by atoms with Crippen molar-refractivity contribution in [2.24, 2.45) is 0 Å². The van der Waals surface area contributed by atoms with E-state index in [1.54, 1.807) is 0 Å². The monoisotopic (exact) mass is 305 g/mol. The maximum absolute atomic E-state index is 12.3. The average molecular weight is 306 g/mol. The number of aryl methyl sites for hydroxylation is 1. The first-order valence-electron chi connectivity index (χ1n) is 6.83. The number of alkyl halides is 1. The van der Waals surface area contributed by atoms with Crippen LogP contribution in [0.3, 0.4) is 0 Å². The fraction of sp³-hybridized carbons (Fsp3) is 0.400. The van der Waals surface area contributed by atoms with Crippen molar-refractivity contribution in [1.82, 2.24) is 14.5 Å². The maximum Gasteiger partial charge on any atom is 0.252 e. The minimum absolute atomic E-state index is 0.158. The fourth-order valence-corrected chi connectivity index (χ4v) is 2.92. The third-order valence-electron chi connectivity index (χ3n) is 3.90. The molecule has 21 heavy (non-hydrogen) atoms. The molecule has 2 amide bonds. The molecule has 6 heteroatoms. The molecule has 1 aliphatic heterocycles. The van der Waals surface area contributed by atoms with Crippen LogP contribution in [-0.4, -0.2) is 33.3 Å². The third-order valence-corrected chi connectivity index (χ3v) is 4.09. The van der Waals surface area contributed by atoms with Gasteiger partial charge in [0.1, 0.15) is 11.9 Å². The standard InChI is InChI=1S/C15H16ClN3O2/c1-8-4-5-10-11(6-8)19(14(17-10)9(2)16)12-7-13(20)18(3)15(12)21/h4-6,9,12H,7H2,1-3H3. The van der Waals surface area contributed by atoms with Gasteiger partial charge in [0.15, 0.2) is 0 Å². The summed E-state index contributed by atoms with van der Waals surface area (Å²) < 4.78 is 1.82. The first-order valence-corrected chi connectivity index (χ1v) is 7.26. The van der Waals surface area contributed by atoms with Crippen LogP contribution in [0.15, 0.2) is 18.2 Å². The molecule has 1 aromatic carbocycles. The molecule has 0 aliphatic carbocycles. The smallest absolute Gasteiger partial charge is 0.252 e. The molecule has 1 saturated heterocycles. The number of benzene rings is 1. The van der Waals surface area contributed by atoms with Crippen molar-refractivity contribution in [3.8, 4) is 0 Å². The predicted octanol–water partition coefficient (Wildman–Crippen LogP) is 2.57. The Bertz CT molecular complexity index is 751. The number of imidazole rings is 1. The number of halogens is 1. The van der Waals surface area contributed by atoms with E-state index in [-0.39, 0.29) is 23.6 Å². The molecule has 2 atom stereocenters. The summed E-state index contributed by atoms with van der Waals surface area (Å²) in [4.78, 5) is 29.9. The molecule has 0 radical (unpaired) electrons. The summed E-state index contributed by atoms with van der Waals surface area (Å²) in [5, 5.41) is -0.341. The Labute approximate surface area is 127 Å². The first-order chi connectivity index (χ1) is 9.90. The topological polar surface area (TPSA) is 55.2 Å². The minimum atomic E-state index is -0.550. The summed E-state index contributed by atoms with van der Waals surface area (Å²) in [6, 6.07) is 5.30. The van der Waals surface area contributed by atoms with Gasteiger partial charge < -0.3 is 4.57 Å². The number of rotatable bonds is 2. The lowest BCUT2D eigenvalue weighted by Gasteiger charge is -2.16. The minimum Gasteiger partial charge on any atom is -0.313 e. The Kier molecular flexibility index (Phi) is 3.24. The molecule has 1 aromatic heterocycles. The highest BCUT2D eigenvalue weighted by atomic mass is 35.5. The van der Waals surface area contributed by atoms with E-state index in [0.29, 0.717) is 5.82 Å². The van der Waals surface area contributed by atoms with Gasteiger partial charge in [-0.2, -0.15) is 0 Å². The lowest BCUT2D eigenvalue weighted by molar-refractivity contribution is -0.137. The van der Waals surface area contributed by atoms with E-state index in [4.69, 9.17) is 11.6 Å². The van der Waals surface area contributed by atoms with E-state index in [2.05, 4.69) is 4.98 Å². The van der Waals surface area contributed by atoms with Gasteiger partial charge in [0.25, 0.3) is 5.91 Å². The fourth-order valence-electron chi connectivity index (χ4n) is 2.77. The molecular weight excluding hydrogens is 290 g/mol. The van der Waals surface area contributed by atoms with E-state index in [1.165, 1.54) is 11.9 Å². The van der Waals surface area contributed by atoms with Crippen LogP contribution in [0.25, 0.3) is 11.0 Å². The van der Waals surface area contributed by atoms with Gasteiger partial charge >= 0.3 is 0 Å². The summed E-state index contributed by atoms with van der Waals surface area (Å²) in [7, 11) is 1.51. The number of carbonyl (C=O) groups is 2. The highest BCUT2D eigenvalue weighted by Gasteiger charge is 2.39. The summed E-state index contributed by atoms with van der Waals surface area (Å²) in [5.74, 6) is 0.241. The molecule has 1 fully saturated rings. The number of hydrogen-bond donors (Lipinski definition) is 0. The van der Waals surface area contributed by atoms with Gasteiger partial charge in [0, 0.05) is 7.05 Å². The molecule has 0 spiro atoms. The molecule has 0 bridgehead atoms. The number of fused-ring (bicyclic) bond motifs is 1. The summed E-state index contributed by atoms with van der Waals surface area (Å²) in [6.07, 6.45) is 0.158. The maximum atomic E-state index is 12.3. The van der Waals surface area contributed by atoms with Gasteiger partial charge in [-0.1, -0.05) is 6.07 Å². The van der Waals surface area contributed by atoms with Crippen molar-refractivity contribution in [1.29, 1.82) is 0 Å². The molecule has 2 heterocycles. The van der Waals surface area contributed by atoms with Crippen LogP contribution < -0.4 is 0 Å². The van der Waals surface area contributed by atoms with Crippen LogP contribution in [0, 0.1) is 6.92 Å². The lowest BCUT2D eigenvalue weighted by atomic mass is 10.2. The second-order valence-electron chi connectivity index (χ2n) is 5.46. The SMILES string of the molecule is Cc1ccc2nc(C(C)Cl)n(C3CC(=O)N(C)C3=O)c2c1. The summed E-state index contributed by atoms with van der Waals surface area (Å²) in [5.41, 5.74) is 2.71. The van der Waals surface area contributed by atoms with Gasteiger partial charge in [-0.15, -0.1) is 11.6 Å². The van der Waals surface area contributed by atoms with Crippen molar-refractivity contribution in [3.05, 3.63) is 29.6 Å². The Morgan fingerprint density at radius 1 is 1.38 bits per heavy atom. The lowest BCUT2D eigenvalue weighted by Crippen LogP contribution is -2.27. The largest absolute Gasteiger partial charge is 0.313 e. The number of likely N-dealkylation sites (tertiary alicyclic amines) is 1. The van der Waals surface area contributed by atoms with Crippen LogP contribution in [0.4, 0.5) is 0 Å². The van der Waals surface area contributed by atoms with Crippen LogP contribution in [0.1, 0.15) is 36.2 Å². The average Bonchev–Trinajstić information content (AvgIpc) is 2.91. The first kappa shape index (κ1) is 14.1. The Hall–Kier alpha value is -1.88. The molecule has 2 unspecified atom stereocenters. The van der Waals surface area contributed by atoms with E-state index >= 15 is 0 Å². The molecule has 2 aromatic rings. The predicted molar refractivity (Wildman–Crippen MR) is 80.2 cm³/mol. The van der Waals surface area contributed by atoms with Gasteiger partial charge in [0.2, 0.25) is 5.91 Å². The van der Waals surface area contributed by atoms with E-state index in [9.17, 15) is 9.59 Å². The molecule has 110 valence electrons. The Morgan fingerprint density at radius 3 is 2.67 bits per heavy atom. The quantitative estimate of drug-likeness (QED) is 0.633. The van der Waals surface area contributed by atoms with Crippen LogP contribution in [0.2, 0.25) is 0 Å². The number of imide groups is 1. The van der Waals surface area contributed by atoms with Gasteiger partial charge in [-0.25, -0.2) is 4.98 Å². The molecule has 0 saturated carbocycles. The Morgan fingerprint density at radius 2 is 2.10 bits per heavy atom. The molecule has 5 nitrogen and oxygen atoms in total. The van der Waals surface area contributed by atoms with Crippen molar-refractivity contribution in [2.75, 3.05) is 7.05 Å². The van der Waals surface area contributed by atoms with Crippen LogP contribution >= 0.6 is 11.6 Å². The van der Waals surface area contributed by atoms with Crippen molar-refractivity contribution in [2.45, 2.75) is 31.7 Å². The number of aromatic nitrogens is 2. The van der Waals surface area contributed by atoms with Crippen molar-refractivity contribution >= 4 is 34.4 Å². The van der Waals surface area contributed by atoms with E-state index < -0.39 is 6.04 Å². The third kappa shape index (κ3) is 2.12. The van der Waals surface area contributed by atoms with Crippen molar-refractivity contribution in [3.63, 3.8) is 0 Å². The zero-order chi connectivity index (χ0) is 15.3. The van der Waals surface area contributed by atoms with Crippen molar-refractivity contribution < 1.29 is 9.59 Å². The highest BCUT2D eigenvalue weighted by molar-refractivity contribution is 6.20. The van der Waals surface area contributed by atoms with Gasteiger partial charge in [-0.3, -0.25) is 14.5 Å². The molecular formula is C15H16ClN3O2. The van der Waals surface area contributed by atoms with Crippen LogP contribution in [0.5, 0.6) is 0 Å². The number of amides is 2. The second kappa shape index (κ2) is 4.84. The number of nitrogens with zero attached hydrogens (tertiary/aromatic N) is 3. The number of likely N-dealkylation sites (N-methyl/N-ethyl adjacent to an activating group) is 1. The molecule has 3 rings (SSSR count). The summed E-state index contributed by atoms with van der Waals surface area (Å²) in [6.45, 7) is 3.80. The Balaban J connectivity index is 2.25. The van der Waals surface area contributed by atoms with E-state index in [0.717, 1.165) is 16.6 Å². The zero-order valence-electron chi connectivity index (χ0n) is 12.1. The second-order valence-corrected chi connectivity index (χ2v) is 6.11. The molecule has 1 aliphatic rings. The van der Waals surface area contributed by atoms with Crippen LogP contribution in [-0.2, 0) is 9.59 Å². The van der Waals surface area contributed by atoms with E-state index in [1.807, 2.05) is 36.6 Å². The molecule has 0 N–H and O–H groups in total. The van der Waals surface area contributed by atoms with Gasteiger partial charge in [-0.05, 0) is 31.5 Å². The van der Waals surface area contributed by atoms with Gasteiger partial charge in [0.05, 0.1) is 22.8 Å². The number of carbonyl (C=O) groups excluding carboxylic acids is 2. The normalized spacial score (nSPS) is 20.6. The highest BCUT2D eigenvalue weighted by Crippen LogP contribution is 2.33. The summed E-state index contributed by atoms with van der Waals surface area (Å²) >= 11 is 6.23. The zero-order valence-corrected chi connectivity index (χ0v) is 12.9. The number of hydrogen-bond acceptors (Lipinski definition) is 3.